The van der Waals surface area contributed by atoms with E-state index in [1.807, 2.05) is 51.1 Å². The Kier molecular flexibility index (Phi) is 7.92. The summed E-state index contributed by atoms with van der Waals surface area (Å²) in [5.41, 5.74) is 6.67. The van der Waals surface area contributed by atoms with Crippen LogP contribution in [0.15, 0.2) is 47.6 Å². The summed E-state index contributed by atoms with van der Waals surface area (Å²) in [4.78, 5) is 25.9. The standard InChI is InChI=1S/C22H25N5O2/c1-4-27(13-5-12-23)20-11-8-18(17(3)14-20)15-24-26-22(29)21(28)25-19-9-6-16(2)7-10-19/h6-11,14-15H,4-5,13H2,1-3H3,(H,25,28)(H,26,29)/b24-15-. The van der Waals surface area contributed by atoms with Gasteiger partial charge in [-0.25, -0.2) is 5.43 Å². The number of carbonyl (C=O) groups is 2. The van der Waals surface area contributed by atoms with Gasteiger partial charge in [-0.15, -0.1) is 0 Å². The van der Waals surface area contributed by atoms with Crippen molar-refractivity contribution in [2.24, 2.45) is 5.10 Å². The third-order valence-corrected chi connectivity index (χ3v) is 4.38. The van der Waals surface area contributed by atoms with E-state index in [-0.39, 0.29) is 0 Å². The van der Waals surface area contributed by atoms with Crippen molar-refractivity contribution in [3.05, 3.63) is 59.2 Å². The fourth-order valence-electron chi connectivity index (χ4n) is 2.69. The van der Waals surface area contributed by atoms with Crippen LogP contribution in [-0.2, 0) is 9.59 Å². The van der Waals surface area contributed by atoms with Crippen LogP contribution in [0.2, 0.25) is 0 Å². The van der Waals surface area contributed by atoms with Crippen LogP contribution in [0.5, 0.6) is 0 Å². The number of hydrogen-bond donors (Lipinski definition) is 2. The van der Waals surface area contributed by atoms with Crippen LogP contribution in [-0.4, -0.2) is 31.1 Å². The van der Waals surface area contributed by atoms with E-state index in [0.717, 1.165) is 28.9 Å². The highest BCUT2D eigenvalue weighted by Gasteiger charge is 2.12. The van der Waals surface area contributed by atoms with Crippen molar-refractivity contribution in [1.82, 2.24) is 5.43 Å². The maximum absolute atomic E-state index is 11.9. The van der Waals surface area contributed by atoms with Gasteiger partial charge in [0.05, 0.1) is 18.7 Å². The molecule has 2 aromatic carbocycles. The average Bonchev–Trinajstić information content (AvgIpc) is 2.71. The Bertz CT molecular complexity index is 929. The summed E-state index contributed by atoms with van der Waals surface area (Å²) in [6.45, 7) is 7.40. The van der Waals surface area contributed by atoms with E-state index < -0.39 is 11.8 Å². The number of hydrogen-bond acceptors (Lipinski definition) is 5. The van der Waals surface area contributed by atoms with Gasteiger partial charge in [-0.05, 0) is 56.2 Å². The molecule has 2 aromatic rings. The molecule has 0 unspecified atom stereocenters. The number of carbonyl (C=O) groups excluding carboxylic acids is 2. The molecule has 0 heterocycles. The molecule has 0 aliphatic heterocycles. The average molecular weight is 391 g/mol. The Balaban J connectivity index is 1.95. The maximum atomic E-state index is 11.9. The highest BCUT2D eigenvalue weighted by Crippen LogP contribution is 2.18. The predicted octanol–water partition coefficient (Wildman–Crippen LogP) is 3.13. The van der Waals surface area contributed by atoms with Crippen molar-refractivity contribution >= 4 is 29.4 Å². The van der Waals surface area contributed by atoms with Gasteiger partial charge >= 0.3 is 11.8 Å². The van der Waals surface area contributed by atoms with E-state index in [4.69, 9.17) is 5.26 Å². The summed E-state index contributed by atoms with van der Waals surface area (Å²) < 4.78 is 0. The van der Waals surface area contributed by atoms with Gasteiger partial charge in [0.1, 0.15) is 0 Å². The Morgan fingerprint density at radius 3 is 2.48 bits per heavy atom. The lowest BCUT2D eigenvalue weighted by Crippen LogP contribution is -2.32. The van der Waals surface area contributed by atoms with Crippen molar-refractivity contribution < 1.29 is 9.59 Å². The van der Waals surface area contributed by atoms with Crippen molar-refractivity contribution in [3.8, 4) is 6.07 Å². The second-order valence-electron chi connectivity index (χ2n) is 6.55. The molecule has 2 N–H and O–H groups in total. The zero-order valence-corrected chi connectivity index (χ0v) is 16.9. The fraction of sp³-hybridized carbons (Fsp3) is 0.273. The number of nitrogens with zero attached hydrogens (tertiary/aromatic N) is 3. The van der Waals surface area contributed by atoms with E-state index in [1.165, 1.54) is 6.21 Å². The Morgan fingerprint density at radius 1 is 1.14 bits per heavy atom. The number of aryl methyl sites for hydroxylation is 2. The van der Waals surface area contributed by atoms with Gasteiger partial charge in [-0.2, -0.15) is 10.4 Å². The molecule has 0 bridgehead atoms. The minimum Gasteiger partial charge on any atom is -0.371 e. The SMILES string of the molecule is CCN(CCC#N)c1ccc(/C=N\NC(=O)C(=O)Nc2ccc(C)cc2)c(C)c1. The molecule has 0 fully saturated rings. The van der Waals surface area contributed by atoms with Gasteiger partial charge in [0.2, 0.25) is 0 Å². The van der Waals surface area contributed by atoms with Gasteiger partial charge in [-0.1, -0.05) is 23.8 Å². The van der Waals surface area contributed by atoms with Gasteiger partial charge < -0.3 is 10.2 Å². The summed E-state index contributed by atoms with van der Waals surface area (Å²) in [6, 6.07) is 15.1. The van der Waals surface area contributed by atoms with Crippen LogP contribution in [0.25, 0.3) is 0 Å². The first-order valence-corrected chi connectivity index (χ1v) is 9.38. The van der Waals surface area contributed by atoms with Crippen LogP contribution in [0, 0.1) is 25.2 Å². The first-order valence-electron chi connectivity index (χ1n) is 9.38. The summed E-state index contributed by atoms with van der Waals surface area (Å²) in [5.74, 6) is -1.63. The lowest BCUT2D eigenvalue weighted by Gasteiger charge is -2.22. The fourth-order valence-corrected chi connectivity index (χ4v) is 2.69. The summed E-state index contributed by atoms with van der Waals surface area (Å²) in [7, 11) is 0. The smallest absolute Gasteiger partial charge is 0.329 e. The predicted molar refractivity (Wildman–Crippen MR) is 115 cm³/mol. The quantitative estimate of drug-likeness (QED) is 0.430. The van der Waals surface area contributed by atoms with E-state index in [9.17, 15) is 9.59 Å². The lowest BCUT2D eigenvalue weighted by molar-refractivity contribution is -0.136. The third-order valence-electron chi connectivity index (χ3n) is 4.38. The molecule has 0 spiro atoms. The second kappa shape index (κ2) is 10.6. The third kappa shape index (κ3) is 6.47. The molecule has 0 aliphatic rings. The minimum absolute atomic E-state index is 0.465. The van der Waals surface area contributed by atoms with Crippen LogP contribution >= 0.6 is 0 Å². The number of rotatable bonds is 7. The van der Waals surface area contributed by atoms with Crippen LogP contribution in [0.3, 0.4) is 0 Å². The molecule has 2 rings (SSSR count). The molecular formula is C22H25N5O2. The van der Waals surface area contributed by atoms with Crippen molar-refractivity contribution in [2.75, 3.05) is 23.3 Å². The van der Waals surface area contributed by atoms with Crippen LogP contribution < -0.4 is 15.6 Å². The first-order chi connectivity index (χ1) is 13.9. The topological polar surface area (TPSA) is 97.6 Å². The number of amides is 2. The van der Waals surface area contributed by atoms with E-state index in [0.29, 0.717) is 18.7 Å². The maximum Gasteiger partial charge on any atom is 0.329 e. The minimum atomic E-state index is -0.843. The second-order valence-corrected chi connectivity index (χ2v) is 6.55. The summed E-state index contributed by atoms with van der Waals surface area (Å²) >= 11 is 0. The highest BCUT2D eigenvalue weighted by molar-refractivity contribution is 6.39. The van der Waals surface area contributed by atoms with Crippen LogP contribution in [0.4, 0.5) is 11.4 Å². The molecule has 0 aromatic heterocycles. The van der Waals surface area contributed by atoms with Gasteiger partial charge in [-0.3, -0.25) is 9.59 Å². The Morgan fingerprint density at radius 2 is 1.86 bits per heavy atom. The molecule has 0 radical (unpaired) electrons. The lowest BCUT2D eigenvalue weighted by atomic mass is 10.1. The molecule has 0 aliphatic carbocycles. The van der Waals surface area contributed by atoms with E-state index in [1.54, 1.807) is 12.1 Å². The molecule has 0 atom stereocenters. The largest absolute Gasteiger partial charge is 0.371 e. The van der Waals surface area contributed by atoms with Crippen molar-refractivity contribution in [1.29, 1.82) is 5.26 Å². The van der Waals surface area contributed by atoms with Crippen molar-refractivity contribution in [2.45, 2.75) is 27.2 Å². The normalized spacial score (nSPS) is 10.4. The molecule has 0 saturated heterocycles. The van der Waals surface area contributed by atoms with Gasteiger partial charge in [0.15, 0.2) is 0 Å². The number of anilines is 2. The van der Waals surface area contributed by atoms with Gasteiger partial charge in [0.25, 0.3) is 0 Å². The molecule has 0 saturated carbocycles. The number of nitrogens with one attached hydrogen (secondary N) is 2. The first kappa shape index (κ1) is 21.6. The van der Waals surface area contributed by atoms with Gasteiger partial charge in [0, 0.05) is 24.5 Å². The van der Waals surface area contributed by atoms with Crippen LogP contribution in [0.1, 0.15) is 30.0 Å². The molecule has 7 heteroatoms. The molecule has 2 amide bonds. The number of hydrazone groups is 1. The van der Waals surface area contributed by atoms with E-state index in [2.05, 4.69) is 26.8 Å². The molecule has 150 valence electrons. The molecule has 29 heavy (non-hydrogen) atoms. The molecule has 7 nitrogen and oxygen atoms in total. The number of nitriles is 1. The van der Waals surface area contributed by atoms with E-state index >= 15 is 0 Å². The summed E-state index contributed by atoms with van der Waals surface area (Å²) in [6.07, 6.45) is 1.97. The Hall–Kier alpha value is -3.66. The monoisotopic (exact) mass is 391 g/mol. The highest BCUT2D eigenvalue weighted by atomic mass is 16.2. The summed E-state index contributed by atoms with van der Waals surface area (Å²) in [5, 5.41) is 15.2. The number of benzene rings is 2. The van der Waals surface area contributed by atoms with Crippen molar-refractivity contribution in [3.63, 3.8) is 0 Å². The Labute approximate surface area is 171 Å². The molecular weight excluding hydrogens is 366 g/mol. The zero-order valence-electron chi connectivity index (χ0n) is 16.9. The zero-order chi connectivity index (χ0) is 21.2.